The van der Waals surface area contributed by atoms with Crippen molar-refractivity contribution in [1.29, 1.82) is 0 Å². The van der Waals surface area contributed by atoms with E-state index in [1.165, 1.54) is 0 Å². The normalized spacial score (nSPS) is 10.0. The fourth-order valence-corrected chi connectivity index (χ4v) is 2.23. The maximum absolute atomic E-state index is 6.02. The summed E-state index contributed by atoms with van der Waals surface area (Å²) in [5.74, 6) is 7.63. The summed E-state index contributed by atoms with van der Waals surface area (Å²) in [5.41, 5.74) is 2.02. The van der Waals surface area contributed by atoms with Crippen molar-refractivity contribution in [3.05, 3.63) is 57.6 Å². The molecule has 2 aromatic rings. The molecule has 1 N–H and O–H groups in total. The molecule has 2 aromatic carbocycles. The molecule has 0 unspecified atom stereocenters. The highest BCUT2D eigenvalue weighted by Crippen LogP contribution is 2.31. The highest BCUT2D eigenvalue weighted by atomic mass is 35.5. The van der Waals surface area contributed by atoms with E-state index in [0.717, 1.165) is 23.3 Å². The van der Waals surface area contributed by atoms with Crippen LogP contribution in [0.25, 0.3) is 0 Å². The molecular formula is C18H17Cl2NO. The van der Waals surface area contributed by atoms with Crippen LogP contribution in [0.4, 0.5) is 0 Å². The number of benzene rings is 2. The predicted molar refractivity (Wildman–Crippen MR) is 92.9 cm³/mol. The zero-order valence-electron chi connectivity index (χ0n) is 12.5. The maximum Gasteiger partial charge on any atom is 0.132 e. The molecule has 114 valence electrons. The Hall–Kier alpha value is -1.66. The molecule has 0 saturated heterocycles. The molecule has 0 radical (unpaired) electrons. The Morgan fingerprint density at radius 2 is 1.91 bits per heavy atom. The lowest BCUT2D eigenvalue weighted by Crippen LogP contribution is -2.06. The molecule has 0 heterocycles. The second-order valence-corrected chi connectivity index (χ2v) is 5.50. The summed E-state index contributed by atoms with van der Waals surface area (Å²) >= 11 is 11.9. The molecule has 22 heavy (non-hydrogen) atoms. The minimum Gasteiger partial charge on any atom is -0.457 e. The third-order valence-corrected chi connectivity index (χ3v) is 3.70. The first kappa shape index (κ1) is 16.7. The second-order valence-electron chi connectivity index (χ2n) is 4.69. The highest BCUT2D eigenvalue weighted by Gasteiger charge is 2.07. The Balaban J connectivity index is 2.30. The second kappa shape index (κ2) is 8.10. The van der Waals surface area contributed by atoms with Crippen LogP contribution in [0.2, 0.25) is 10.0 Å². The lowest BCUT2D eigenvalue weighted by molar-refractivity contribution is 0.474. The van der Waals surface area contributed by atoms with Crippen molar-refractivity contribution < 1.29 is 4.74 Å². The summed E-state index contributed by atoms with van der Waals surface area (Å²) in [6.45, 7) is 2.72. The quantitative estimate of drug-likeness (QED) is 0.770. The topological polar surface area (TPSA) is 21.3 Å². The fourth-order valence-electron chi connectivity index (χ4n) is 1.94. The summed E-state index contributed by atoms with van der Waals surface area (Å²) in [6, 6.07) is 11.1. The number of ether oxygens (including phenoxy) is 1. The molecule has 0 amide bonds. The van der Waals surface area contributed by atoms with Gasteiger partial charge in [0.15, 0.2) is 0 Å². The summed E-state index contributed by atoms with van der Waals surface area (Å²) in [6.07, 6.45) is 0.836. The van der Waals surface area contributed by atoms with Gasteiger partial charge >= 0.3 is 0 Å². The Kier molecular flexibility index (Phi) is 6.15. The largest absolute Gasteiger partial charge is 0.457 e. The van der Waals surface area contributed by atoms with Gasteiger partial charge < -0.3 is 10.1 Å². The Labute approximate surface area is 141 Å². The van der Waals surface area contributed by atoms with E-state index >= 15 is 0 Å². The van der Waals surface area contributed by atoms with Gasteiger partial charge in [0, 0.05) is 30.2 Å². The van der Waals surface area contributed by atoms with Gasteiger partial charge in [0.05, 0.1) is 10.0 Å². The van der Waals surface area contributed by atoms with Crippen LogP contribution in [0, 0.1) is 11.8 Å². The Morgan fingerprint density at radius 1 is 1.09 bits per heavy atom. The molecule has 0 bridgehead atoms. The lowest BCUT2D eigenvalue weighted by atomic mass is 10.1. The Morgan fingerprint density at radius 3 is 2.59 bits per heavy atom. The van der Waals surface area contributed by atoms with Crippen LogP contribution in [0.1, 0.15) is 24.5 Å². The van der Waals surface area contributed by atoms with E-state index in [1.807, 2.05) is 32.2 Å². The number of rotatable bonds is 4. The number of halogens is 2. The molecule has 0 aromatic heterocycles. The molecule has 2 rings (SSSR count). The van der Waals surface area contributed by atoms with Crippen molar-refractivity contribution in [2.24, 2.45) is 0 Å². The van der Waals surface area contributed by atoms with Gasteiger partial charge in [-0.05, 0) is 37.4 Å². The van der Waals surface area contributed by atoms with Gasteiger partial charge in [-0.1, -0.05) is 42.0 Å². The molecule has 0 aliphatic heterocycles. The number of hydrogen-bond donors (Lipinski definition) is 1. The van der Waals surface area contributed by atoms with Crippen molar-refractivity contribution in [3.63, 3.8) is 0 Å². The smallest absolute Gasteiger partial charge is 0.132 e. The molecule has 0 fully saturated rings. The van der Waals surface area contributed by atoms with E-state index in [2.05, 4.69) is 17.2 Å². The molecule has 0 spiro atoms. The van der Waals surface area contributed by atoms with E-state index < -0.39 is 0 Å². The minimum absolute atomic E-state index is 0.472. The first-order valence-electron chi connectivity index (χ1n) is 7.03. The molecular weight excluding hydrogens is 317 g/mol. The zero-order chi connectivity index (χ0) is 15.9. The van der Waals surface area contributed by atoms with Crippen LogP contribution in [-0.2, 0) is 6.54 Å². The molecule has 0 aliphatic carbocycles. The average Bonchev–Trinajstić information content (AvgIpc) is 2.51. The maximum atomic E-state index is 6.02. The van der Waals surface area contributed by atoms with Crippen molar-refractivity contribution in [1.82, 2.24) is 5.32 Å². The highest BCUT2D eigenvalue weighted by molar-refractivity contribution is 6.42. The summed E-state index contributed by atoms with van der Waals surface area (Å²) in [4.78, 5) is 0. The predicted octanol–water partition coefficient (Wildman–Crippen LogP) is 5.27. The van der Waals surface area contributed by atoms with Crippen LogP contribution < -0.4 is 10.1 Å². The number of nitrogens with one attached hydrogen (secondary N) is 1. The zero-order valence-corrected chi connectivity index (χ0v) is 14.1. The van der Waals surface area contributed by atoms with E-state index in [4.69, 9.17) is 27.9 Å². The van der Waals surface area contributed by atoms with Crippen LogP contribution in [0.5, 0.6) is 11.5 Å². The van der Waals surface area contributed by atoms with Gasteiger partial charge in [-0.3, -0.25) is 0 Å². The van der Waals surface area contributed by atoms with Gasteiger partial charge in [-0.25, -0.2) is 0 Å². The molecule has 4 heteroatoms. The third kappa shape index (κ3) is 4.42. The van der Waals surface area contributed by atoms with Gasteiger partial charge in [-0.2, -0.15) is 0 Å². The van der Waals surface area contributed by atoms with Crippen molar-refractivity contribution in [3.8, 4) is 23.3 Å². The SMILES string of the molecule is CCC#Cc1ccc(Oc2ccc(Cl)c(Cl)c2)c(CNC)c1. The van der Waals surface area contributed by atoms with E-state index in [9.17, 15) is 0 Å². The fraction of sp³-hybridized carbons (Fsp3) is 0.222. The summed E-state index contributed by atoms with van der Waals surface area (Å²) in [7, 11) is 1.90. The third-order valence-electron chi connectivity index (χ3n) is 2.96. The van der Waals surface area contributed by atoms with Crippen LogP contribution in [0.3, 0.4) is 0 Å². The van der Waals surface area contributed by atoms with Gasteiger partial charge in [-0.15, -0.1) is 0 Å². The van der Waals surface area contributed by atoms with Crippen molar-refractivity contribution in [2.75, 3.05) is 7.05 Å². The molecule has 0 aliphatic rings. The Bertz CT molecular complexity index is 717. The average molecular weight is 334 g/mol. The van der Waals surface area contributed by atoms with Crippen LogP contribution in [0.15, 0.2) is 36.4 Å². The van der Waals surface area contributed by atoms with Crippen molar-refractivity contribution >= 4 is 23.2 Å². The summed E-state index contributed by atoms with van der Waals surface area (Å²) in [5, 5.41) is 4.12. The van der Waals surface area contributed by atoms with E-state index in [-0.39, 0.29) is 0 Å². The van der Waals surface area contributed by atoms with E-state index in [0.29, 0.717) is 22.3 Å². The first-order chi connectivity index (χ1) is 10.6. The van der Waals surface area contributed by atoms with Crippen molar-refractivity contribution in [2.45, 2.75) is 19.9 Å². The van der Waals surface area contributed by atoms with Crippen LogP contribution in [-0.4, -0.2) is 7.05 Å². The first-order valence-corrected chi connectivity index (χ1v) is 7.79. The molecule has 0 saturated carbocycles. The van der Waals surface area contributed by atoms with Crippen LogP contribution >= 0.6 is 23.2 Å². The summed E-state index contributed by atoms with van der Waals surface area (Å²) < 4.78 is 5.93. The van der Waals surface area contributed by atoms with Gasteiger partial charge in [0.2, 0.25) is 0 Å². The van der Waals surface area contributed by atoms with E-state index in [1.54, 1.807) is 18.2 Å². The lowest BCUT2D eigenvalue weighted by Gasteiger charge is -2.12. The standard InChI is InChI=1S/C18H17Cl2NO/c1-3-4-5-13-6-9-18(14(10-13)12-21-2)22-15-7-8-16(19)17(20)11-15/h6-11,21H,3,12H2,1-2H3. The molecule has 0 atom stereocenters. The van der Waals surface area contributed by atoms with Gasteiger partial charge in [0.1, 0.15) is 11.5 Å². The minimum atomic E-state index is 0.472. The monoisotopic (exact) mass is 333 g/mol. The number of hydrogen-bond acceptors (Lipinski definition) is 2. The molecule has 2 nitrogen and oxygen atoms in total. The van der Waals surface area contributed by atoms with Gasteiger partial charge in [0.25, 0.3) is 0 Å².